The molecular weight excluding hydrogens is 128 g/mol. The molecule has 3 nitrogen and oxygen atoms in total. The number of halogens is 1. The monoisotopic (exact) mass is 134 g/mol. The number of nitrogens with zero attached hydrogens (tertiary/aromatic N) is 1. The van der Waals surface area contributed by atoms with Crippen molar-refractivity contribution in [1.29, 1.82) is 0 Å². The average Bonchev–Trinajstić information content (AvgIpc) is 1.87. The van der Waals surface area contributed by atoms with Gasteiger partial charge in [0.15, 0.2) is 0 Å². The fraction of sp³-hybridized carbons (Fsp3) is 0.250. The molecule has 0 amide bonds. The minimum atomic E-state index is 0. The van der Waals surface area contributed by atoms with Crippen LogP contribution in [0.5, 0.6) is 5.88 Å². The van der Waals surface area contributed by atoms with Crippen LogP contribution in [0.15, 0.2) is 6.07 Å². The van der Waals surface area contributed by atoms with E-state index in [4.69, 9.17) is 5.11 Å². The Morgan fingerprint density at radius 3 is 2.50 bits per heavy atom. The van der Waals surface area contributed by atoms with E-state index < -0.39 is 0 Å². The van der Waals surface area contributed by atoms with Crippen molar-refractivity contribution in [3.8, 4) is 5.88 Å². The van der Waals surface area contributed by atoms with Crippen LogP contribution in [0, 0.1) is 6.92 Å². The maximum Gasteiger partial charge on any atom is 0.206 e. The van der Waals surface area contributed by atoms with Crippen LogP contribution in [0.25, 0.3) is 0 Å². The van der Waals surface area contributed by atoms with Gasteiger partial charge in [0, 0.05) is 6.07 Å². The smallest absolute Gasteiger partial charge is 0.206 e. The van der Waals surface area contributed by atoms with E-state index in [0.29, 0.717) is 0 Å². The third kappa shape index (κ3) is 1.42. The molecule has 2 N–H and O–H groups in total. The summed E-state index contributed by atoms with van der Waals surface area (Å²) >= 11 is 0. The first kappa shape index (κ1) is 7.30. The zero-order valence-electron chi connectivity index (χ0n) is 4.38. The van der Waals surface area contributed by atoms with E-state index in [1.54, 1.807) is 13.0 Å². The van der Waals surface area contributed by atoms with E-state index in [2.05, 4.69) is 10.2 Å². The number of aryl methyl sites for hydroxylation is 1. The maximum absolute atomic E-state index is 8.54. The lowest BCUT2D eigenvalue weighted by Gasteiger charge is -1.69. The van der Waals surface area contributed by atoms with Crippen LogP contribution >= 0.6 is 12.4 Å². The normalized spacial score (nSPS) is 8.12. The van der Waals surface area contributed by atoms with Gasteiger partial charge in [0.05, 0.1) is 5.69 Å². The number of aromatic amines is 1. The first-order valence-electron chi connectivity index (χ1n) is 2.00. The molecule has 1 heterocycles. The minimum Gasteiger partial charge on any atom is -0.494 e. The van der Waals surface area contributed by atoms with Crippen molar-refractivity contribution in [2.75, 3.05) is 0 Å². The van der Waals surface area contributed by atoms with E-state index in [9.17, 15) is 0 Å². The Hall–Kier alpha value is -0.700. The maximum atomic E-state index is 8.54. The molecule has 0 atom stereocenters. The molecule has 0 unspecified atom stereocenters. The van der Waals surface area contributed by atoms with Crippen molar-refractivity contribution in [3.63, 3.8) is 0 Å². The average molecular weight is 135 g/mol. The summed E-state index contributed by atoms with van der Waals surface area (Å²) in [6.07, 6.45) is 0. The molecule has 1 aromatic heterocycles. The lowest BCUT2D eigenvalue weighted by atomic mass is 10.5. The second-order valence-corrected chi connectivity index (χ2v) is 1.39. The van der Waals surface area contributed by atoms with Gasteiger partial charge in [0.2, 0.25) is 5.88 Å². The highest BCUT2D eigenvalue weighted by atomic mass is 35.5. The topological polar surface area (TPSA) is 48.9 Å². The van der Waals surface area contributed by atoms with Crippen LogP contribution in [0.3, 0.4) is 0 Å². The molecular formula is C4H7ClN2O. The zero-order chi connectivity index (χ0) is 5.28. The van der Waals surface area contributed by atoms with Gasteiger partial charge >= 0.3 is 0 Å². The van der Waals surface area contributed by atoms with Gasteiger partial charge in [-0.3, -0.25) is 0 Å². The molecule has 0 bridgehead atoms. The zero-order valence-corrected chi connectivity index (χ0v) is 5.20. The van der Waals surface area contributed by atoms with E-state index in [1.807, 2.05) is 0 Å². The predicted octanol–water partition coefficient (Wildman–Crippen LogP) is 0.846. The molecule has 0 spiro atoms. The summed E-state index contributed by atoms with van der Waals surface area (Å²) in [5, 5.41) is 14.6. The molecule has 0 radical (unpaired) electrons. The lowest BCUT2D eigenvalue weighted by Crippen LogP contribution is -1.66. The van der Waals surface area contributed by atoms with Crippen LogP contribution in [0.4, 0.5) is 0 Å². The number of aromatic nitrogens is 2. The van der Waals surface area contributed by atoms with E-state index >= 15 is 0 Å². The van der Waals surface area contributed by atoms with Crippen molar-refractivity contribution in [2.45, 2.75) is 6.92 Å². The summed E-state index contributed by atoms with van der Waals surface area (Å²) < 4.78 is 0. The van der Waals surface area contributed by atoms with Gasteiger partial charge in [-0.1, -0.05) is 0 Å². The van der Waals surface area contributed by atoms with E-state index in [0.717, 1.165) is 5.69 Å². The van der Waals surface area contributed by atoms with Gasteiger partial charge in [0.1, 0.15) is 0 Å². The van der Waals surface area contributed by atoms with Crippen molar-refractivity contribution >= 4 is 12.4 Å². The van der Waals surface area contributed by atoms with Crippen LogP contribution in [-0.4, -0.2) is 15.3 Å². The quantitative estimate of drug-likeness (QED) is 0.553. The second kappa shape index (κ2) is 2.57. The van der Waals surface area contributed by atoms with Crippen LogP contribution in [0.1, 0.15) is 5.69 Å². The van der Waals surface area contributed by atoms with Crippen molar-refractivity contribution in [2.24, 2.45) is 0 Å². The third-order valence-electron chi connectivity index (χ3n) is 0.692. The number of hydrogen-bond acceptors (Lipinski definition) is 2. The molecule has 0 saturated carbocycles. The van der Waals surface area contributed by atoms with Crippen molar-refractivity contribution in [3.05, 3.63) is 11.8 Å². The molecule has 8 heavy (non-hydrogen) atoms. The van der Waals surface area contributed by atoms with Crippen LogP contribution < -0.4 is 0 Å². The molecule has 1 aromatic rings. The van der Waals surface area contributed by atoms with Gasteiger partial charge in [-0.05, 0) is 6.92 Å². The van der Waals surface area contributed by atoms with Gasteiger partial charge in [-0.2, -0.15) is 5.10 Å². The number of aromatic hydroxyl groups is 1. The number of rotatable bonds is 0. The predicted molar refractivity (Wildman–Crippen MR) is 32.2 cm³/mol. The van der Waals surface area contributed by atoms with E-state index in [-0.39, 0.29) is 18.3 Å². The summed E-state index contributed by atoms with van der Waals surface area (Å²) in [6, 6.07) is 1.56. The van der Waals surface area contributed by atoms with Crippen molar-refractivity contribution < 1.29 is 5.11 Å². The van der Waals surface area contributed by atoms with E-state index in [1.165, 1.54) is 0 Å². The van der Waals surface area contributed by atoms with Gasteiger partial charge < -0.3 is 5.11 Å². The Bertz CT molecular complexity index is 146. The minimum absolute atomic E-state index is 0. The van der Waals surface area contributed by atoms with Crippen molar-refractivity contribution in [1.82, 2.24) is 10.2 Å². The van der Waals surface area contributed by atoms with Crippen LogP contribution in [-0.2, 0) is 0 Å². The molecule has 0 saturated heterocycles. The molecule has 0 aliphatic rings. The van der Waals surface area contributed by atoms with Gasteiger partial charge in [0.25, 0.3) is 0 Å². The fourth-order valence-corrected chi connectivity index (χ4v) is 0.408. The highest BCUT2D eigenvalue weighted by Crippen LogP contribution is 2.01. The molecule has 46 valence electrons. The number of H-pyrrole nitrogens is 1. The highest BCUT2D eigenvalue weighted by molar-refractivity contribution is 5.85. The molecule has 0 aromatic carbocycles. The Labute approximate surface area is 53.1 Å². The SMILES string of the molecule is Cc1cc(O)[nH]n1.Cl. The first-order valence-corrected chi connectivity index (χ1v) is 2.00. The largest absolute Gasteiger partial charge is 0.494 e. The number of nitrogens with one attached hydrogen (secondary N) is 1. The Morgan fingerprint density at radius 1 is 1.75 bits per heavy atom. The second-order valence-electron chi connectivity index (χ2n) is 1.39. The summed E-state index contributed by atoms with van der Waals surface area (Å²) in [4.78, 5) is 0. The summed E-state index contributed by atoms with van der Waals surface area (Å²) in [6.45, 7) is 1.80. The Kier molecular flexibility index (Phi) is 2.34. The highest BCUT2D eigenvalue weighted by Gasteiger charge is 1.87. The fourth-order valence-electron chi connectivity index (χ4n) is 0.408. The standard InChI is InChI=1S/C4H6N2O.ClH/c1-3-2-4(7)6-5-3;/h2H,1H3,(H2,5,6,7);1H. The van der Waals surface area contributed by atoms with Crippen LogP contribution in [0.2, 0.25) is 0 Å². The first-order chi connectivity index (χ1) is 3.29. The molecule has 0 fully saturated rings. The molecule has 4 heteroatoms. The molecule has 0 aliphatic carbocycles. The third-order valence-corrected chi connectivity index (χ3v) is 0.692. The summed E-state index contributed by atoms with van der Waals surface area (Å²) in [5.74, 6) is 0.123. The Balaban J connectivity index is 0.000000490. The molecule has 1 rings (SSSR count). The molecule has 0 aliphatic heterocycles. The Morgan fingerprint density at radius 2 is 2.38 bits per heavy atom. The van der Waals surface area contributed by atoms with Gasteiger partial charge in [-0.25, -0.2) is 5.10 Å². The summed E-state index contributed by atoms with van der Waals surface area (Å²) in [7, 11) is 0. The number of hydrogen-bond donors (Lipinski definition) is 2. The lowest BCUT2D eigenvalue weighted by molar-refractivity contribution is 0.452. The van der Waals surface area contributed by atoms with Gasteiger partial charge in [-0.15, -0.1) is 12.4 Å². The summed E-state index contributed by atoms with van der Waals surface area (Å²) in [5.41, 5.74) is 0.803.